The van der Waals surface area contributed by atoms with E-state index in [1.807, 2.05) is 0 Å². The number of halogens is 1. The molecule has 114 valence electrons. The van der Waals surface area contributed by atoms with Crippen LogP contribution >= 0.6 is 11.6 Å². The fraction of sp³-hybridized carbons (Fsp3) is 0.0588. The molecule has 2 N–H and O–H groups in total. The number of pyridine rings is 1. The Bertz CT molecular complexity index is 968. The van der Waals surface area contributed by atoms with E-state index in [0.717, 1.165) is 0 Å². The lowest BCUT2D eigenvalue weighted by Gasteiger charge is -2.12. The third-order valence-electron chi connectivity index (χ3n) is 3.54. The normalized spacial score (nSPS) is 12.9. The molecule has 0 aliphatic heterocycles. The summed E-state index contributed by atoms with van der Waals surface area (Å²) in [5, 5.41) is 13.5. The molecule has 0 saturated heterocycles. The number of benzene rings is 1. The monoisotopic (exact) mass is 327 g/mol. The minimum absolute atomic E-state index is 0.262. The second-order valence-electron chi connectivity index (χ2n) is 4.97. The lowest BCUT2D eigenvalue weighted by atomic mass is 10.1. The average Bonchev–Trinajstić information content (AvgIpc) is 2.53. The Kier molecular flexibility index (Phi) is 3.74. The SMILES string of the molecule is Cn1c(=O)c(C(=O)NC2=CC=C[C+]=C2)c(O)c2c(Cl)cccc21. The summed E-state index contributed by atoms with van der Waals surface area (Å²) in [5.74, 6) is -1.13. The van der Waals surface area contributed by atoms with Crippen LogP contribution in [0.5, 0.6) is 5.75 Å². The first-order valence-electron chi connectivity index (χ1n) is 6.78. The van der Waals surface area contributed by atoms with Crippen molar-refractivity contribution in [3.63, 3.8) is 0 Å². The van der Waals surface area contributed by atoms with E-state index in [-0.39, 0.29) is 16.0 Å². The fourth-order valence-corrected chi connectivity index (χ4v) is 2.66. The lowest BCUT2D eigenvalue weighted by Crippen LogP contribution is -2.32. The van der Waals surface area contributed by atoms with Gasteiger partial charge in [-0.1, -0.05) is 17.7 Å². The summed E-state index contributed by atoms with van der Waals surface area (Å²) in [6.45, 7) is 0. The number of fused-ring (bicyclic) bond motifs is 1. The van der Waals surface area contributed by atoms with Gasteiger partial charge in [0.1, 0.15) is 23.5 Å². The van der Waals surface area contributed by atoms with Crippen molar-refractivity contribution in [2.24, 2.45) is 7.05 Å². The van der Waals surface area contributed by atoms with Gasteiger partial charge >= 0.3 is 0 Å². The molecule has 23 heavy (non-hydrogen) atoms. The summed E-state index contributed by atoms with van der Waals surface area (Å²) >= 11 is 6.11. The van der Waals surface area contributed by atoms with Crippen molar-refractivity contribution in [3.8, 4) is 5.75 Å². The number of nitrogens with zero attached hydrogens (tertiary/aromatic N) is 1. The molecule has 0 saturated carbocycles. The highest BCUT2D eigenvalue weighted by Gasteiger charge is 2.24. The van der Waals surface area contributed by atoms with Crippen LogP contribution in [-0.2, 0) is 7.05 Å². The van der Waals surface area contributed by atoms with Crippen LogP contribution in [0, 0.1) is 6.08 Å². The van der Waals surface area contributed by atoms with Gasteiger partial charge in [0, 0.05) is 19.2 Å². The van der Waals surface area contributed by atoms with Crippen LogP contribution in [0.1, 0.15) is 10.4 Å². The first kappa shape index (κ1) is 15.0. The van der Waals surface area contributed by atoms with E-state index < -0.39 is 17.2 Å². The Balaban J connectivity index is 2.18. The van der Waals surface area contributed by atoms with E-state index in [9.17, 15) is 14.7 Å². The van der Waals surface area contributed by atoms with Crippen LogP contribution in [-0.4, -0.2) is 15.6 Å². The average molecular weight is 328 g/mol. The third-order valence-corrected chi connectivity index (χ3v) is 3.85. The summed E-state index contributed by atoms with van der Waals surface area (Å²) in [6.07, 6.45) is 9.42. The Hall–Kier alpha value is -2.88. The van der Waals surface area contributed by atoms with Gasteiger partial charge in [0.05, 0.1) is 22.0 Å². The zero-order chi connectivity index (χ0) is 16.6. The van der Waals surface area contributed by atoms with Crippen molar-refractivity contribution < 1.29 is 9.90 Å². The smallest absolute Gasteiger partial charge is 0.276 e. The van der Waals surface area contributed by atoms with Crippen LogP contribution in [0.2, 0.25) is 5.02 Å². The number of aromatic nitrogens is 1. The lowest BCUT2D eigenvalue weighted by molar-refractivity contribution is 0.0962. The van der Waals surface area contributed by atoms with E-state index >= 15 is 0 Å². The predicted molar refractivity (Wildman–Crippen MR) is 88.4 cm³/mol. The molecule has 6 heteroatoms. The standard InChI is InChI=1S/C17H11ClN2O3/c1-20-12-9-5-8-11(18)13(12)15(21)14(17(20)23)16(22)19-10-6-3-2-4-7-10/h2-3,5-9H,1H3,(H-,19,21,22,23)/p+1. The maximum atomic E-state index is 12.4. The number of aryl methyl sites for hydroxylation is 1. The van der Waals surface area contributed by atoms with Gasteiger partial charge in [-0.05, 0) is 12.1 Å². The molecule has 0 atom stereocenters. The number of hydrogen-bond donors (Lipinski definition) is 2. The Morgan fingerprint density at radius 1 is 1.39 bits per heavy atom. The second kappa shape index (κ2) is 5.72. The molecule has 0 radical (unpaired) electrons. The van der Waals surface area contributed by atoms with Crippen molar-refractivity contribution in [2.75, 3.05) is 0 Å². The van der Waals surface area contributed by atoms with Crippen LogP contribution in [0.3, 0.4) is 0 Å². The Morgan fingerprint density at radius 3 is 2.87 bits per heavy atom. The van der Waals surface area contributed by atoms with E-state index in [4.69, 9.17) is 11.6 Å². The molecule has 1 amide bonds. The molecular formula is C17H12ClN2O3+. The van der Waals surface area contributed by atoms with Gasteiger partial charge in [-0.3, -0.25) is 14.9 Å². The molecule has 3 rings (SSSR count). The van der Waals surface area contributed by atoms with Crippen LogP contribution in [0.4, 0.5) is 0 Å². The van der Waals surface area contributed by atoms with Crippen molar-refractivity contribution in [2.45, 2.75) is 0 Å². The topological polar surface area (TPSA) is 71.3 Å². The molecule has 0 bridgehead atoms. The zero-order valence-corrected chi connectivity index (χ0v) is 12.9. The Labute approximate surface area is 136 Å². The van der Waals surface area contributed by atoms with Crippen molar-refractivity contribution in [3.05, 3.63) is 75.2 Å². The number of rotatable bonds is 2. The van der Waals surface area contributed by atoms with Gasteiger partial charge in [-0.2, -0.15) is 0 Å². The highest BCUT2D eigenvalue weighted by atomic mass is 35.5. The van der Waals surface area contributed by atoms with Gasteiger partial charge in [0.15, 0.2) is 5.70 Å². The van der Waals surface area contributed by atoms with Crippen LogP contribution in [0.15, 0.2) is 53.0 Å². The molecule has 1 aromatic carbocycles. The summed E-state index contributed by atoms with van der Waals surface area (Å²) in [6, 6.07) is 4.90. The number of amides is 1. The number of nitrogens with one attached hydrogen (secondary N) is 1. The summed E-state index contributed by atoms with van der Waals surface area (Å²) in [7, 11) is 1.52. The van der Waals surface area contributed by atoms with Gasteiger partial charge in [-0.15, -0.1) is 0 Å². The fourth-order valence-electron chi connectivity index (χ4n) is 2.40. The molecule has 2 aromatic rings. The maximum Gasteiger partial charge on any atom is 0.276 e. The molecule has 1 heterocycles. The third kappa shape index (κ3) is 2.52. The summed E-state index contributed by atoms with van der Waals surface area (Å²) in [4.78, 5) is 24.9. The van der Waals surface area contributed by atoms with Gasteiger partial charge in [0.25, 0.3) is 11.5 Å². The van der Waals surface area contributed by atoms with Crippen molar-refractivity contribution in [1.29, 1.82) is 0 Å². The van der Waals surface area contributed by atoms with Crippen LogP contribution in [0.25, 0.3) is 10.9 Å². The number of allylic oxidation sites excluding steroid dienone is 5. The van der Waals surface area contributed by atoms with E-state index in [1.54, 1.807) is 42.5 Å². The second-order valence-corrected chi connectivity index (χ2v) is 5.38. The highest BCUT2D eigenvalue weighted by Crippen LogP contribution is 2.32. The van der Waals surface area contributed by atoms with Crippen molar-refractivity contribution in [1.82, 2.24) is 9.88 Å². The van der Waals surface area contributed by atoms with Gasteiger partial charge in [0.2, 0.25) is 0 Å². The summed E-state index contributed by atoms with van der Waals surface area (Å²) in [5.41, 5.74) is -0.0329. The van der Waals surface area contributed by atoms with E-state index in [2.05, 4.69) is 11.4 Å². The maximum absolute atomic E-state index is 12.4. The molecule has 0 fully saturated rings. The first-order chi connectivity index (χ1) is 11.0. The first-order valence-corrected chi connectivity index (χ1v) is 7.16. The number of carbonyl (C=O) groups is 1. The number of aromatic hydroxyl groups is 1. The minimum atomic E-state index is -0.704. The Morgan fingerprint density at radius 2 is 2.17 bits per heavy atom. The van der Waals surface area contributed by atoms with Gasteiger partial charge in [-0.25, -0.2) is 0 Å². The van der Waals surface area contributed by atoms with Gasteiger partial charge < -0.3 is 9.67 Å². The molecule has 0 spiro atoms. The zero-order valence-electron chi connectivity index (χ0n) is 12.1. The van der Waals surface area contributed by atoms with Crippen LogP contribution < -0.4 is 10.9 Å². The largest absolute Gasteiger partial charge is 0.506 e. The highest BCUT2D eigenvalue weighted by molar-refractivity contribution is 6.36. The molecule has 1 aliphatic carbocycles. The molecule has 0 unspecified atom stereocenters. The van der Waals surface area contributed by atoms with Crippen molar-refractivity contribution >= 4 is 28.4 Å². The molecule has 1 aliphatic rings. The minimum Gasteiger partial charge on any atom is -0.506 e. The number of hydrogen-bond acceptors (Lipinski definition) is 3. The molecule has 5 nitrogen and oxygen atoms in total. The van der Waals surface area contributed by atoms with E-state index in [0.29, 0.717) is 11.2 Å². The molecule has 1 aromatic heterocycles. The van der Waals surface area contributed by atoms with E-state index in [1.165, 1.54) is 11.6 Å². The molecular weight excluding hydrogens is 316 g/mol. The number of carbonyl (C=O) groups excluding carboxylic acids is 1. The quantitative estimate of drug-likeness (QED) is 0.832. The summed E-state index contributed by atoms with van der Waals surface area (Å²) < 4.78 is 1.28. The predicted octanol–water partition coefficient (Wildman–Crippen LogP) is 2.44.